The van der Waals surface area contributed by atoms with Crippen LogP contribution >= 0.6 is 0 Å². The van der Waals surface area contributed by atoms with Gasteiger partial charge in [-0.25, -0.2) is 0 Å². The van der Waals surface area contributed by atoms with E-state index < -0.39 is 17.8 Å². The average Bonchev–Trinajstić information content (AvgIpc) is 3.05. The highest BCUT2D eigenvalue weighted by molar-refractivity contribution is 5.30. The Morgan fingerprint density at radius 1 is 1.12 bits per heavy atom. The molecular weight excluding hydrogens is 400 g/mol. The predicted octanol–water partition coefficient (Wildman–Crippen LogP) is 4.84. The molecule has 0 heterocycles. The molecule has 3 aliphatic carbocycles. The van der Waals surface area contributed by atoms with Gasteiger partial charge in [0.1, 0.15) is 0 Å². The van der Waals surface area contributed by atoms with Gasteiger partial charge in [-0.1, -0.05) is 55.4 Å². The van der Waals surface area contributed by atoms with Crippen LogP contribution in [0.1, 0.15) is 79.1 Å². The van der Waals surface area contributed by atoms with Gasteiger partial charge in [0.25, 0.3) is 0 Å². The molecule has 4 nitrogen and oxygen atoms in total. The lowest BCUT2D eigenvalue weighted by molar-refractivity contribution is 0.0832. The lowest BCUT2D eigenvalue weighted by Crippen LogP contribution is -2.35. The van der Waals surface area contributed by atoms with Crippen molar-refractivity contribution in [3.8, 4) is 0 Å². The number of aliphatic hydroxyl groups excluding tert-OH is 3. The molecule has 3 saturated carbocycles. The van der Waals surface area contributed by atoms with Crippen molar-refractivity contribution in [2.24, 2.45) is 23.2 Å². The van der Waals surface area contributed by atoms with Crippen LogP contribution in [0.3, 0.4) is 0 Å². The van der Waals surface area contributed by atoms with Crippen LogP contribution in [0.4, 0.5) is 0 Å². The van der Waals surface area contributed by atoms with Crippen molar-refractivity contribution in [1.29, 1.82) is 0 Å². The SMILES string of the molecule is C[C@H](/C=C/CC(C)(C)O)C1CCC2/C(=C/C=C3C[C@@H](O)C(=CCO)[C@H](O)C3)CCCC21C. The summed E-state index contributed by atoms with van der Waals surface area (Å²) in [4.78, 5) is 0. The smallest absolute Gasteiger partial charge is 0.0813 e. The second kappa shape index (κ2) is 10.4. The first-order valence-corrected chi connectivity index (χ1v) is 12.5. The lowest BCUT2D eigenvalue weighted by atomic mass is 9.61. The molecular formula is C28H44O4. The predicted molar refractivity (Wildman–Crippen MR) is 130 cm³/mol. The molecule has 4 heteroatoms. The lowest BCUT2D eigenvalue weighted by Gasteiger charge is -2.44. The summed E-state index contributed by atoms with van der Waals surface area (Å²) in [6, 6.07) is 0. The van der Waals surface area contributed by atoms with E-state index in [1.165, 1.54) is 37.3 Å². The van der Waals surface area contributed by atoms with E-state index in [1.54, 1.807) is 0 Å². The van der Waals surface area contributed by atoms with E-state index in [4.69, 9.17) is 5.11 Å². The minimum Gasteiger partial charge on any atom is -0.392 e. The fraction of sp³-hybridized carbons (Fsp3) is 0.714. The fourth-order valence-electron chi connectivity index (χ4n) is 6.62. The van der Waals surface area contributed by atoms with Gasteiger partial charge in [-0.3, -0.25) is 0 Å². The van der Waals surface area contributed by atoms with Crippen molar-refractivity contribution in [1.82, 2.24) is 0 Å². The zero-order valence-corrected chi connectivity index (χ0v) is 20.4. The number of fused-ring (bicyclic) bond motifs is 1. The summed E-state index contributed by atoms with van der Waals surface area (Å²) in [7, 11) is 0. The molecule has 0 saturated heterocycles. The Kier molecular flexibility index (Phi) is 8.25. The van der Waals surface area contributed by atoms with E-state index in [0.29, 0.717) is 48.0 Å². The molecule has 0 aliphatic heterocycles. The van der Waals surface area contributed by atoms with Gasteiger partial charge in [0.2, 0.25) is 0 Å². The normalized spacial score (nSPS) is 35.9. The first-order valence-electron chi connectivity index (χ1n) is 12.5. The van der Waals surface area contributed by atoms with Crippen LogP contribution in [0.5, 0.6) is 0 Å². The van der Waals surface area contributed by atoms with Crippen molar-refractivity contribution in [2.75, 3.05) is 6.61 Å². The number of allylic oxidation sites excluding steroid dienone is 4. The van der Waals surface area contributed by atoms with E-state index in [9.17, 15) is 15.3 Å². The van der Waals surface area contributed by atoms with E-state index in [0.717, 1.165) is 12.0 Å². The third kappa shape index (κ3) is 5.83. The zero-order chi connectivity index (χ0) is 23.5. The monoisotopic (exact) mass is 444 g/mol. The van der Waals surface area contributed by atoms with Gasteiger partial charge in [-0.15, -0.1) is 0 Å². The maximum atomic E-state index is 10.4. The Morgan fingerprint density at radius 2 is 1.81 bits per heavy atom. The van der Waals surface area contributed by atoms with E-state index in [2.05, 4.69) is 38.2 Å². The highest BCUT2D eigenvalue weighted by atomic mass is 16.3. The highest BCUT2D eigenvalue weighted by Crippen LogP contribution is 2.59. The van der Waals surface area contributed by atoms with E-state index in [1.807, 2.05) is 13.8 Å². The summed E-state index contributed by atoms with van der Waals surface area (Å²) in [6.45, 7) is 8.38. The quantitative estimate of drug-likeness (QED) is 0.442. The second-order valence-electron chi connectivity index (χ2n) is 11.3. The van der Waals surface area contributed by atoms with E-state index in [-0.39, 0.29) is 6.61 Å². The Bertz CT molecular complexity index is 753. The number of aliphatic hydroxyl groups is 4. The molecule has 0 bridgehead atoms. The zero-order valence-electron chi connectivity index (χ0n) is 20.4. The van der Waals surface area contributed by atoms with Crippen molar-refractivity contribution in [2.45, 2.75) is 96.9 Å². The van der Waals surface area contributed by atoms with Crippen LogP contribution in [0.2, 0.25) is 0 Å². The Labute approximate surface area is 194 Å². The van der Waals surface area contributed by atoms with Crippen LogP contribution < -0.4 is 0 Å². The van der Waals surface area contributed by atoms with Crippen LogP contribution in [0.15, 0.2) is 47.1 Å². The summed E-state index contributed by atoms with van der Waals surface area (Å²) in [5, 5.41) is 39.8. The minimum absolute atomic E-state index is 0.153. The summed E-state index contributed by atoms with van der Waals surface area (Å²) >= 11 is 0. The molecule has 180 valence electrons. The van der Waals surface area contributed by atoms with Crippen molar-refractivity contribution in [3.63, 3.8) is 0 Å². The van der Waals surface area contributed by atoms with Crippen molar-refractivity contribution in [3.05, 3.63) is 47.1 Å². The Balaban J connectivity index is 1.71. The molecule has 4 N–H and O–H groups in total. The summed E-state index contributed by atoms with van der Waals surface area (Å²) < 4.78 is 0. The fourth-order valence-corrected chi connectivity index (χ4v) is 6.62. The second-order valence-corrected chi connectivity index (χ2v) is 11.3. The summed E-state index contributed by atoms with van der Waals surface area (Å²) in [6.07, 6.45) is 16.9. The molecule has 3 rings (SSSR count). The van der Waals surface area contributed by atoms with Gasteiger partial charge in [0, 0.05) is 0 Å². The molecule has 6 atom stereocenters. The molecule has 0 spiro atoms. The highest BCUT2D eigenvalue weighted by Gasteiger charge is 2.50. The van der Waals surface area contributed by atoms with Gasteiger partial charge in [0.05, 0.1) is 24.4 Å². The Hall–Kier alpha value is -1.20. The number of hydrogen-bond acceptors (Lipinski definition) is 4. The van der Waals surface area contributed by atoms with Gasteiger partial charge >= 0.3 is 0 Å². The molecule has 0 aromatic heterocycles. The Morgan fingerprint density at radius 3 is 2.44 bits per heavy atom. The standard InChI is InChI=1S/C28H44O4/c1-19(7-5-14-27(2,3)32)23-11-12-24-21(8-6-15-28(23,24)4)10-9-20-17-25(30)22(13-16-29)26(31)18-20/h5,7,9-10,13,19,23-26,29-32H,6,8,11-12,14-18H2,1-4H3/b7-5+,20-9?,21-10+,22-13?/t19-,23?,24?,25-,26-,28?/m1/s1. The van der Waals surface area contributed by atoms with Crippen LogP contribution in [0, 0.1) is 23.2 Å². The third-order valence-corrected chi connectivity index (χ3v) is 8.27. The first-order chi connectivity index (χ1) is 15.0. The van der Waals surface area contributed by atoms with Crippen LogP contribution in [0.25, 0.3) is 0 Å². The molecule has 3 aliphatic rings. The summed E-state index contributed by atoms with van der Waals surface area (Å²) in [5.41, 5.74) is 2.82. The van der Waals surface area contributed by atoms with Gasteiger partial charge in [0.15, 0.2) is 0 Å². The average molecular weight is 445 g/mol. The molecule has 3 unspecified atom stereocenters. The van der Waals surface area contributed by atoms with Crippen molar-refractivity contribution < 1.29 is 20.4 Å². The molecule has 0 radical (unpaired) electrons. The van der Waals surface area contributed by atoms with E-state index >= 15 is 0 Å². The molecule has 32 heavy (non-hydrogen) atoms. The molecule has 0 aromatic carbocycles. The van der Waals surface area contributed by atoms with Crippen LogP contribution in [-0.4, -0.2) is 44.8 Å². The first kappa shape index (κ1) is 25.4. The number of rotatable bonds is 6. The summed E-state index contributed by atoms with van der Waals surface area (Å²) in [5.74, 6) is 1.77. The molecule has 0 amide bonds. The maximum absolute atomic E-state index is 10.4. The molecule has 0 aromatic rings. The van der Waals surface area contributed by atoms with Gasteiger partial charge in [-0.2, -0.15) is 0 Å². The third-order valence-electron chi connectivity index (χ3n) is 8.27. The van der Waals surface area contributed by atoms with Crippen molar-refractivity contribution >= 4 is 0 Å². The minimum atomic E-state index is -0.709. The topological polar surface area (TPSA) is 80.9 Å². The van der Waals surface area contributed by atoms with Gasteiger partial charge < -0.3 is 20.4 Å². The number of hydrogen-bond donors (Lipinski definition) is 4. The molecule has 3 fully saturated rings. The maximum Gasteiger partial charge on any atom is 0.0813 e. The largest absolute Gasteiger partial charge is 0.392 e. The van der Waals surface area contributed by atoms with Crippen LogP contribution in [-0.2, 0) is 0 Å². The van der Waals surface area contributed by atoms with Gasteiger partial charge in [-0.05, 0) is 94.0 Å².